The molecule has 0 radical (unpaired) electrons. The third-order valence-corrected chi connectivity index (χ3v) is 0. The molecule has 0 aromatic carbocycles. The zero-order valence-electron chi connectivity index (χ0n) is 5.49. The van der Waals surface area contributed by atoms with E-state index >= 15 is 0 Å². The van der Waals surface area contributed by atoms with E-state index in [-0.39, 0.29) is 68.7 Å². The summed E-state index contributed by atoms with van der Waals surface area (Å²) in [6, 6.07) is 0. The molecule has 0 fully saturated rings. The van der Waals surface area contributed by atoms with Crippen LogP contribution in [0, 0.1) is 0 Å². The van der Waals surface area contributed by atoms with Gasteiger partial charge in [-0.05, 0) is 0 Å². The van der Waals surface area contributed by atoms with Crippen LogP contribution in [0.3, 0.4) is 0 Å². The molecule has 0 rings (SSSR count). The molecule has 0 bridgehead atoms. The minimum absolute atomic E-state index is 0. The minimum atomic E-state index is -1.75. The van der Waals surface area contributed by atoms with Crippen molar-refractivity contribution in [2.24, 2.45) is 0 Å². The summed E-state index contributed by atoms with van der Waals surface area (Å²) < 4.78 is 33.8. The molecule has 0 heterocycles. The molecule has 8 heteroatoms. The first kappa shape index (κ1) is 22.4. The third-order valence-electron chi connectivity index (χ3n) is 0. The Kier molecular flexibility index (Phi) is 94.8. The number of rotatable bonds is 0. The normalized spacial score (nSPS) is 2.00. The Balaban J connectivity index is -0.00000000889. The summed E-state index contributed by atoms with van der Waals surface area (Å²) in [5, 5.41) is 0. The molecule has 0 aliphatic rings. The Labute approximate surface area is 113 Å². The van der Waals surface area contributed by atoms with E-state index in [1.807, 2.05) is 0 Å². The molecule has 0 saturated carbocycles. The fourth-order valence-electron chi connectivity index (χ4n) is 0. The summed E-state index contributed by atoms with van der Waals surface area (Å²) >= 11 is -3.50. The molecule has 0 saturated heterocycles. The molecule has 0 amide bonds. The SMILES string of the molecule is [Ca+2].[H-].[Na+].[O]=[Al][O-].[O]=[Al][O-]. The Morgan fingerprint density at radius 3 is 1.12 bits per heavy atom. The van der Waals surface area contributed by atoms with Crippen molar-refractivity contribution in [1.29, 1.82) is 0 Å². The van der Waals surface area contributed by atoms with Crippen LogP contribution in [0.15, 0.2) is 0 Å². The fraction of sp³-hybridized carbons (Fsp3) is 0. The van der Waals surface area contributed by atoms with Gasteiger partial charge in [-0.15, -0.1) is 0 Å². The summed E-state index contributed by atoms with van der Waals surface area (Å²) in [7, 11) is 0. The van der Waals surface area contributed by atoms with Crippen molar-refractivity contribution in [3.63, 3.8) is 0 Å². The molecular weight excluding hydrogens is 181 g/mol. The van der Waals surface area contributed by atoms with E-state index < -0.39 is 31.0 Å². The second kappa shape index (κ2) is 33.8. The van der Waals surface area contributed by atoms with E-state index in [0.29, 0.717) is 0 Å². The van der Waals surface area contributed by atoms with Gasteiger partial charge >= 0.3 is 114 Å². The third kappa shape index (κ3) is 75.7. The number of hydrogen-bond acceptors (Lipinski definition) is 4. The van der Waals surface area contributed by atoms with Crippen LogP contribution in [0.25, 0.3) is 0 Å². The van der Waals surface area contributed by atoms with Gasteiger partial charge in [-0.3, -0.25) is 0 Å². The average Bonchev–Trinajstić information content (AvgIpc) is 1.39. The van der Waals surface area contributed by atoms with Gasteiger partial charge < -0.3 is 1.43 Å². The van der Waals surface area contributed by atoms with E-state index in [4.69, 9.17) is 15.9 Å². The first-order valence-electron chi connectivity index (χ1n) is 0.943. The van der Waals surface area contributed by atoms with Crippen LogP contribution in [0.2, 0.25) is 0 Å². The molecule has 4 nitrogen and oxygen atoms in total. The van der Waals surface area contributed by atoms with Crippen molar-refractivity contribution in [2.75, 3.05) is 0 Å². The quantitative estimate of drug-likeness (QED) is 0.349. The monoisotopic (exact) mass is 182 g/mol. The van der Waals surface area contributed by atoms with E-state index in [9.17, 15) is 0 Å². The van der Waals surface area contributed by atoms with Crippen LogP contribution >= 0.6 is 0 Å². The summed E-state index contributed by atoms with van der Waals surface area (Å²) in [5.41, 5.74) is 0. The molecule has 0 spiro atoms. The van der Waals surface area contributed by atoms with Crippen molar-refractivity contribution in [3.05, 3.63) is 0 Å². The Bertz CT molecular complexity index is 39.5. The molecule has 0 N–H and O–H groups in total. The van der Waals surface area contributed by atoms with Gasteiger partial charge in [0.2, 0.25) is 0 Å². The zero-order valence-corrected chi connectivity index (χ0v) is 11.0. The Morgan fingerprint density at radius 1 is 1.12 bits per heavy atom. The summed E-state index contributed by atoms with van der Waals surface area (Å²) in [4.78, 5) is 0. The second-order valence-corrected chi connectivity index (χ2v) is 0.577. The predicted octanol–water partition coefficient (Wildman–Crippen LogP) is -6.64. The van der Waals surface area contributed by atoms with Gasteiger partial charge in [0.25, 0.3) is 0 Å². The van der Waals surface area contributed by atoms with Gasteiger partial charge in [-0.25, -0.2) is 0 Å². The van der Waals surface area contributed by atoms with E-state index in [0.717, 1.165) is 0 Å². The summed E-state index contributed by atoms with van der Waals surface area (Å²) in [6.45, 7) is 0. The molecular formula is HAl2CaNaO4. The fourth-order valence-corrected chi connectivity index (χ4v) is 0. The Hall–Kier alpha value is 2.52. The van der Waals surface area contributed by atoms with Crippen LogP contribution in [0.5, 0.6) is 0 Å². The predicted molar refractivity (Wildman–Crippen MR) is 19.7 cm³/mol. The van der Waals surface area contributed by atoms with E-state index in [2.05, 4.69) is 0 Å². The molecule has 0 aromatic rings. The van der Waals surface area contributed by atoms with Gasteiger partial charge in [0.15, 0.2) is 0 Å². The Morgan fingerprint density at radius 2 is 1.12 bits per heavy atom. The summed E-state index contributed by atoms with van der Waals surface area (Å²) in [6.07, 6.45) is 0. The summed E-state index contributed by atoms with van der Waals surface area (Å²) in [5.74, 6) is 0. The van der Waals surface area contributed by atoms with Gasteiger partial charge in [0.1, 0.15) is 0 Å². The van der Waals surface area contributed by atoms with E-state index in [1.54, 1.807) is 0 Å². The van der Waals surface area contributed by atoms with Crippen molar-refractivity contribution in [1.82, 2.24) is 0 Å². The second-order valence-electron chi connectivity index (χ2n) is 0.192. The van der Waals surface area contributed by atoms with Crippen LogP contribution in [-0.4, -0.2) is 68.7 Å². The van der Waals surface area contributed by atoms with Gasteiger partial charge in [0, 0.05) is 0 Å². The molecule has 0 aliphatic carbocycles. The van der Waals surface area contributed by atoms with Gasteiger partial charge in [-0.2, -0.15) is 0 Å². The molecule has 0 aliphatic heterocycles. The molecule has 0 atom stereocenters. The molecule has 8 heavy (non-hydrogen) atoms. The van der Waals surface area contributed by atoms with Crippen molar-refractivity contribution in [3.8, 4) is 0 Å². The molecule has 0 unspecified atom stereocenters. The van der Waals surface area contributed by atoms with Crippen LogP contribution in [0.4, 0.5) is 0 Å². The van der Waals surface area contributed by atoms with Gasteiger partial charge in [-0.1, -0.05) is 0 Å². The standard InChI is InChI=1S/2Al.Ca.Na.4O.H/q;;+2;+1;;;3*-1. The van der Waals surface area contributed by atoms with E-state index in [1.165, 1.54) is 0 Å². The number of hydrogen-bond donors (Lipinski definition) is 0. The molecule has 34 valence electrons. The van der Waals surface area contributed by atoms with Crippen LogP contribution in [0.1, 0.15) is 1.43 Å². The first-order chi connectivity index (χ1) is 2.83. The maximum absolute atomic E-state index is 8.46. The van der Waals surface area contributed by atoms with Crippen molar-refractivity contribution < 1.29 is 46.9 Å². The topological polar surface area (TPSA) is 80.3 Å². The first-order valence-corrected chi connectivity index (χ1v) is 2.83. The average molecular weight is 182 g/mol. The maximum atomic E-state index is 8.46. The zero-order chi connectivity index (χ0) is 5.41. The molecule has 0 aromatic heterocycles. The van der Waals surface area contributed by atoms with Crippen LogP contribution < -0.4 is 37.9 Å². The van der Waals surface area contributed by atoms with Crippen LogP contribution in [-0.2, 0) is 7.61 Å². The van der Waals surface area contributed by atoms with Gasteiger partial charge in [0.05, 0.1) is 0 Å². The van der Waals surface area contributed by atoms with Crippen molar-refractivity contribution in [2.45, 2.75) is 0 Å². The van der Waals surface area contributed by atoms with Crippen molar-refractivity contribution >= 4 is 68.7 Å².